The van der Waals surface area contributed by atoms with Gasteiger partial charge in [-0.05, 0) is 32.5 Å². The van der Waals surface area contributed by atoms with E-state index in [1.165, 1.54) is 18.4 Å². The smallest absolute Gasteiger partial charge is 0.164 e. The predicted octanol–water partition coefficient (Wildman–Crippen LogP) is 2.56. The number of phenols is 1. The number of phenolic OH excluding ortho intramolecular Hbond substituents is 1. The Morgan fingerprint density at radius 2 is 2.22 bits per heavy atom. The molecule has 0 bridgehead atoms. The normalized spacial score (nSPS) is 30.7. The molecule has 1 aromatic carbocycles. The van der Waals surface area contributed by atoms with Gasteiger partial charge in [0.15, 0.2) is 11.5 Å². The number of benzene rings is 1. The molecule has 0 aliphatic carbocycles. The molecule has 100 valence electrons. The predicted molar refractivity (Wildman–Crippen MR) is 73.9 cm³/mol. The summed E-state index contributed by atoms with van der Waals surface area (Å²) in [6.45, 7) is 4.11. The fourth-order valence-corrected chi connectivity index (χ4v) is 3.42. The molecule has 4 heteroatoms. The standard InChI is InChI=1S/C14H19NO2.ClH/c1-14-7-4-8-15(2)12(14)9-17-13-10(14)5-3-6-11(13)16;/h3,5-6,12,16H,4,7-9H2,1-2H3;1H/t12-,14-;/m1./s1. The summed E-state index contributed by atoms with van der Waals surface area (Å²) in [5.74, 6) is 0.969. The van der Waals surface area contributed by atoms with Crippen LogP contribution in [-0.4, -0.2) is 36.2 Å². The second kappa shape index (κ2) is 4.63. The molecule has 1 aromatic rings. The van der Waals surface area contributed by atoms with Crippen molar-refractivity contribution in [2.75, 3.05) is 20.2 Å². The van der Waals surface area contributed by atoms with Crippen molar-refractivity contribution in [2.24, 2.45) is 0 Å². The van der Waals surface area contributed by atoms with Gasteiger partial charge in [-0.25, -0.2) is 0 Å². The van der Waals surface area contributed by atoms with Crippen molar-refractivity contribution in [2.45, 2.75) is 31.2 Å². The first-order valence-electron chi connectivity index (χ1n) is 6.28. The average Bonchev–Trinajstić information content (AvgIpc) is 2.30. The molecule has 2 heterocycles. The highest BCUT2D eigenvalue weighted by Crippen LogP contribution is 2.48. The molecule has 3 nitrogen and oxygen atoms in total. The number of hydrogen-bond donors (Lipinski definition) is 1. The Balaban J connectivity index is 0.00000120. The highest BCUT2D eigenvalue weighted by molar-refractivity contribution is 5.85. The first kappa shape index (κ1) is 13.5. The summed E-state index contributed by atoms with van der Waals surface area (Å²) in [5.41, 5.74) is 1.28. The van der Waals surface area contributed by atoms with Crippen LogP contribution in [0.3, 0.4) is 0 Å². The van der Waals surface area contributed by atoms with Crippen molar-refractivity contribution >= 4 is 12.4 Å². The van der Waals surface area contributed by atoms with E-state index in [0.717, 1.165) is 6.54 Å². The molecule has 2 atom stereocenters. The number of rotatable bonds is 0. The van der Waals surface area contributed by atoms with Crippen LogP contribution in [-0.2, 0) is 5.41 Å². The summed E-state index contributed by atoms with van der Waals surface area (Å²) >= 11 is 0. The van der Waals surface area contributed by atoms with E-state index < -0.39 is 0 Å². The van der Waals surface area contributed by atoms with E-state index in [1.54, 1.807) is 6.07 Å². The van der Waals surface area contributed by atoms with Gasteiger partial charge in [-0.15, -0.1) is 12.4 Å². The molecule has 0 aromatic heterocycles. The van der Waals surface area contributed by atoms with Gasteiger partial charge in [-0.2, -0.15) is 0 Å². The SMILES string of the molecule is CN1CCC[C@]2(C)c3cccc(O)c3OC[C@@H]12.Cl. The molecular weight excluding hydrogens is 250 g/mol. The molecule has 0 unspecified atom stereocenters. The van der Waals surface area contributed by atoms with Gasteiger partial charge < -0.3 is 9.84 Å². The van der Waals surface area contributed by atoms with E-state index in [2.05, 4.69) is 24.9 Å². The Morgan fingerprint density at radius 3 is 3.00 bits per heavy atom. The lowest BCUT2D eigenvalue weighted by atomic mass is 9.68. The van der Waals surface area contributed by atoms with Crippen molar-refractivity contribution in [1.82, 2.24) is 4.90 Å². The molecule has 18 heavy (non-hydrogen) atoms. The van der Waals surface area contributed by atoms with Gasteiger partial charge in [0.2, 0.25) is 0 Å². The van der Waals surface area contributed by atoms with Crippen molar-refractivity contribution in [3.05, 3.63) is 23.8 Å². The van der Waals surface area contributed by atoms with Gasteiger partial charge >= 0.3 is 0 Å². The van der Waals surface area contributed by atoms with Crippen molar-refractivity contribution in [3.63, 3.8) is 0 Å². The van der Waals surface area contributed by atoms with Crippen molar-refractivity contribution < 1.29 is 9.84 Å². The van der Waals surface area contributed by atoms with Crippen LogP contribution in [0.25, 0.3) is 0 Å². The van der Waals surface area contributed by atoms with Crippen LogP contribution < -0.4 is 4.74 Å². The second-order valence-electron chi connectivity index (χ2n) is 5.48. The Bertz CT molecular complexity index is 451. The maximum Gasteiger partial charge on any atom is 0.164 e. The minimum absolute atomic E-state index is 0. The Hall–Kier alpha value is -0.930. The molecule has 0 saturated carbocycles. The second-order valence-corrected chi connectivity index (χ2v) is 5.48. The zero-order chi connectivity index (χ0) is 12.0. The number of aromatic hydroxyl groups is 1. The molecule has 2 aliphatic heterocycles. The lowest BCUT2D eigenvalue weighted by Gasteiger charge is -2.50. The lowest BCUT2D eigenvalue weighted by molar-refractivity contribution is 0.0383. The zero-order valence-electron chi connectivity index (χ0n) is 10.8. The number of likely N-dealkylation sites (tertiary alicyclic amines) is 1. The van der Waals surface area contributed by atoms with Gasteiger partial charge in [-0.1, -0.05) is 19.1 Å². The molecule has 0 spiro atoms. The summed E-state index contributed by atoms with van der Waals surface area (Å²) in [4.78, 5) is 2.39. The van der Waals surface area contributed by atoms with E-state index in [0.29, 0.717) is 18.4 Å². The maximum atomic E-state index is 9.89. The number of piperidine rings is 1. The van der Waals surface area contributed by atoms with E-state index in [9.17, 15) is 5.11 Å². The molecule has 1 saturated heterocycles. The van der Waals surface area contributed by atoms with E-state index in [1.807, 2.05) is 6.07 Å². The molecule has 3 rings (SSSR count). The Kier molecular flexibility index (Phi) is 3.47. The van der Waals surface area contributed by atoms with E-state index >= 15 is 0 Å². The zero-order valence-corrected chi connectivity index (χ0v) is 11.7. The number of para-hydroxylation sites is 1. The van der Waals surface area contributed by atoms with Gasteiger partial charge in [0.1, 0.15) is 6.61 Å². The summed E-state index contributed by atoms with van der Waals surface area (Å²) in [7, 11) is 2.17. The fourth-order valence-electron chi connectivity index (χ4n) is 3.42. The van der Waals surface area contributed by atoms with Crippen LogP contribution in [0.2, 0.25) is 0 Å². The largest absolute Gasteiger partial charge is 0.504 e. The molecule has 1 N–H and O–H groups in total. The number of ether oxygens (including phenoxy) is 1. The number of fused-ring (bicyclic) bond motifs is 3. The molecule has 0 amide bonds. The number of halogens is 1. The number of hydrogen-bond acceptors (Lipinski definition) is 3. The van der Waals surface area contributed by atoms with Crippen LogP contribution in [0.1, 0.15) is 25.3 Å². The highest BCUT2D eigenvalue weighted by atomic mass is 35.5. The number of nitrogens with zero attached hydrogens (tertiary/aromatic N) is 1. The highest BCUT2D eigenvalue weighted by Gasteiger charge is 2.46. The Labute approximate surface area is 114 Å². The Morgan fingerprint density at radius 1 is 1.44 bits per heavy atom. The van der Waals surface area contributed by atoms with Crippen LogP contribution in [0.4, 0.5) is 0 Å². The first-order valence-corrected chi connectivity index (χ1v) is 6.28. The van der Waals surface area contributed by atoms with Crippen LogP contribution >= 0.6 is 12.4 Å². The van der Waals surface area contributed by atoms with Gasteiger partial charge in [0.05, 0.1) is 6.04 Å². The quantitative estimate of drug-likeness (QED) is 0.786. The summed E-state index contributed by atoms with van der Waals surface area (Å²) in [6.07, 6.45) is 2.38. The van der Waals surface area contributed by atoms with Gasteiger partial charge in [0.25, 0.3) is 0 Å². The average molecular weight is 270 g/mol. The molecule has 1 fully saturated rings. The third-order valence-corrected chi connectivity index (χ3v) is 4.47. The van der Waals surface area contributed by atoms with E-state index in [4.69, 9.17) is 4.74 Å². The molecule has 0 radical (unpaired) electrons. The monoisotopic (exact) mass is 269 g/mol. The summed E-state index contributed by atoms with van der Waals surface area (Å²) in [6, 6.07) is 6.14. The minimum Gasteiger partial charge on any atom is -0.504 e. The first-order chi connectivity index (χ1) is 8.13. The maximum absolute atomic E-state index is 9.89. The van der Waals surface area contributed by atoms with Crippen molar-refractivity contribution in [3.8, 4) is 11.5 Å². The molecule has 2 aliphatic rings. The van der Waals surface area contributed by atoms with Gasteiger partial charge in [0, 0.05) is 11.0 Å². The summed E-state index contributed by atoms with van der Waals surface area (Å²) in [5, 5.41) is 9.89. The van der Waals surface area contributed by atoms with E-state index in [-0.39, 0.29) is 23.6 Å². The lowest BCUT2D eigenvalue weighted by Crippen LogP contribution is -2.56. The fraction of sp³-hybridized carbons (Fsp3) is 0.571. The minimum atomic E-state index is 0. The van der Waals surface area contributed by atoms with Gasteiger partial charge in [-0.3, -0.25) is 4.90 Å². The van der Waals surface area contributed by atoms with Crippen molar-refractivity contribution in [1.29, 1.82) is 0 Å². The topological polar surface area (TPSA) is 32.7 Å². The van der Waals surface area contributed by atoms with Crippen LogP contribution in [0.5, 0.6) is 11.5 Å². The molecular formula is C14H20ClNO2. The van der Waals surface area contributed by atoms with Crippen LogP contribution in [0.15, 0.2) is 18.2 Å². The third kappa shape index (κ3) is 1.77. The third-order valence-electron chi connectivity index (χ3n) is 4.47. The summed E-state index contributed by atoms with van der Waals surface area (Å²) < 4.78 is 5.77. The number of likely N-dealkylation sites (N-methyl/N-ethyl adjacent to an activating group) is 1. The van der Waals surface area contributed by atoms with Crippen LogP contribution in [0, 0.1) is 0 Å².